The molecule has 156 valence electrons. The number of anilines is 1. The molecule has 2 amide bonds. The smallest absolute Gasteiger partial charge is 0.254 e. The van der Waals surface area contributed by atoms with E-state index in [9.17, 15) is 9.59 Å². The van der Waals surface area contributed by atoms with Gasteiger partial charge in [-0.25, -0.2) is 4.98 Å². The van der Waals surface area contributed by atoms with E-state index in [2.05, 4.69) is 17.2 Å². The van der Waals surface area contributed by atoms with E-state index in [1.165, 1.54) is 42.6 Å². The van der Waals surface area contributed by atoms with E-state index in [4.69, 9.17) is 0 Å². The molecule has 5 nitrogen and oxygen atoms in total. The van der Waals surface area contributed by atoms with Gasteiger partial charge in [0.2, 0.25) is 5.91 Å². The highest BCUT2D eigenvalue weighted by molar-refractivity contribution is 7.15. The first-order valence-electron chi connectivity index (χ1n) is 10.6. The number of carbonyl (C=O) groups is 2. The quantitative estimate of drug-likeness (QED) is 0.550. The molecule has 0 aliphatic heterocycles. The van der Waals surface area contributed by atoms with Gasteiger partial charge in [-0.3, -0.25) is 9.59 Å². The SMILES string of the molecule is CCCCCCc1ccc(C(=O)N(CC(=O)Nc2nc(C)c(C)s2)C2CC2)cc1. The van der Waals surface area contributed by atoms with Crippen molar-refractivity contribution in [2.24, 2.45) is 0 Å². The Morgan fingerprint density at radius 1 is 1.14 bits per heavy atom. The molecule has 0 saturated heterocycles. The molecule has 0 bridgehead atoms. The number of hydrogen-bond acceptors (Lipinski definition) is 4. The van der Waals surface area contributed by atoms with E-state index in [0.717, 1.165) is 29.8 Å². The number of thiazole rings is 1. The molecular formula is C23H31N3O2S. The summed E-state index contributed by atoms with van der Waals surface area (Å²) >= 11 is 1.46. The Labute approximate surface area is 177 Å². The van der Waals surface area contributed by atoms with Gasteiger partial charge < -0.3 is 10.2 Å². The van der Waals surface area contributed by atoms with E-state index in [1.54, 1.807) is 4.90 Å². The van der Waals surface area contributed by atoms with Crippen LogP contribution in [0.5, 0.6) is 0 Å². The lowest BCUT2D eigenvalue weighted by atomic mass is 10.0. The van der Waals surface area contributed by atoms with Crippen LogP contribution in [0.4, 0.5) is 5.13 Å². The van der Waals surface area contributed by atoms with E-state index < -0.39 is 0 Å². The average Bonchev–Trinajstić information content (AvgIpc) is 3.49. The number of unbranched alkanes of at least 4 members (excludes halogenated alkanes) is 3. The number of hydrogen-bond donors (Lipinski definition) is 1. The van der Waals surface area contributed by atoms with Crippen molar-refractivity contribution in [2.75, 3.05) is 11.9 Å². The minimum atomic E-state index is -0.188. The van der Waals surface area contributed by atoms with Crippen LogP contribution < -0.4 is 5.32 Å². The summed E-state index contributed by atoms with van der Waals surface area (Å²) in [5.41, 5.74) is 2.85. The minimum absolute atomic E-state index is 0.0633. The van der Waals surface area contributed by atoms with E-state index in [1.807, 2.05) is 38.1 Å². The van der Waals surface area contributed by atoms with Crippen LogP contribution in [0.15, 0.2) is 24.3 Å². The fourth-order valence-electron chi connectivity index (χ4n) is 3.33. The Morgan fingerprint density at radius 3 is 2.45 bits per heavy atom. The predicted molar refractivity (Wildman–Crippen MR) is 119 cm³/mol. The van der Waals surface area contributed by atoms with Gasteiger partial charge in [0.25, 0.3) is 5.91 Å². The lowest BCUT2D eigenvalue weighted by Gasteiger charge is -2.21. The third-order valence-electron chi connectivity index (χ3n) is 5.36. The van der Waals surface area contributed by atoms with Crippen LogP contribution in [0.2, 0.25) is 0 Å². The standard InChI is InChI=1S/C23H31N3O2S/c1-4-5-6-7-8-18-9-11-19(12-10-18)22(28)26(20-13-14-20)15-21(27)25-23-24-16(2)17(3)29-23/h9-12,20H,4-8,13-15H2,1-3H3,(H,24,25,27). The van der Waals surface area contributed by atoms with Crippen LogP contribution in [0.3, 0.4) is 0 Å². The molecule has 0 spiro atoms. The van der Waals surface area contributed by atoms with Crippen LogP contribution in [-0.4, -0.2) is 34.3 Å². The molecular weight excluding hydrogens is 382 g/mol. The molecule has 1 N–H and O–H groups in total. The third kappa shape index (κ3) is 6.13. The van der Waals surface area contributed by atoms with Gasteiger partial charge in [0, 0.05) is 16.5 Å². The molecule has 1 aliphatic carbocycles. The van der Waals surface area contributed by atoms with Crippen molar-refractivity contribution in [1.29, 1.82) is 0 Å². The molecule has 2 aromatic rings. The summed E-state index contributed by atoms with van der Waals surface area (Å²) < 4.78 is 0. The van der Waals surface area contributed by atoms with Gasteiger partial charge in [-0.05, 0) is 57.2 Å². The molecule has 1 saturated carbocycles. The number of nitrogens with zero attached hydrogens (tertiary/aromatic N) is 2. The zero-order valence-corrected chi connectivity index (χ0v) is 18.5. The number of nitrogens with one attached hydrogen (secondary N) is 1. The molecule has 3 rings (SSSR count). The van der Waals surface area contributed by atoms with Crippen molar-refractivity contribution in [2.45, 2.75) is 71.8 Å². The van der Waals surface area contributed by atoms with Crippen LogP contribution in [0, 0.1) is 13.8 Å². The van der Waals surface area contributed by atoms with Gasteiger partial charge in [0.1, 0.15) is 6.54 Å². The minimum Gasteiger partial charge on any atom is -0.326 e. The highest BCUT2D eigenvalue weighted by Crippen LogP contribution is 2.28. The van der Waals surface area contributed by atoms with Crippen LogP contribution >= 0.6 is 11.3 Å². The fraction of sp³-hybridized carbons (Fsp3) is 0.522. The van der Waals surface area contributed by atoms with Crippen LogP contribution in [-0.2, 0) is 11.2 Å². The van der Waals surface area contributed by atoms with Gasteiger partial charge in [-0.2, -0.15) is 0 Å². The Bertz CT molecular complexity index is 821. The highest BCUT2D eigenvalue weighted by Gasteiger charge is 2.34. The van der Waals surface area contributed by atoms with Crippen molar-refractivity contribution >= 4 is 28.3 Å². The molecule has 1 aromatic heterocycles. The number of amides is 2. The van der Waals surface area contributed by atoms with Gasteiger partial charge in [0.15, 0.2) is 5.13 Å². The summed E-state index contributed by atoms with van der Waals surface area (Å²) in [7, 11) is 0. The normalized spacial score (nSPS) is 13.3. The largest absolute Gasteiger partial charge is 0.326 e. The number of aromatic nitrogens is 1. The number of aryl methyl sites for hydroxylation is 3. The Kier molecular flexibility index (Phi) is 7.42. The zero-order chi connectivity index (χ0) is 20.8. The van der Waals surface area contributed by atoms with E-state index in [0.29, 0.717) is 10.7 Å². The Hall–Kier alpha value is -2.21. The van der Waals surface area contributed by atoms with Crippen molar-refractivity contribution in [3.05, 3.63) is 46.0 Å². The molecule has 29 heavy (non-hydrogen) atoms. The lowest BCUT2D eigenvalue weighted by molar-refractivity contribution is -0.117. The van der Waals surface area contributed by atoms with Gasteiger partial charge in [0.05, 0.1) is 5.69 Å². The summed E-state index contributed by atoms with van der Waals surface area (Å²) in [5.74, 6) is -0.252. The van der Waals surface area contributed by atoms with Crippen LogP contribution in [0.25, 0.3) is 0 Å². The van der Waals surface area contributed by atoms with Crippen LogP contribution in [0.1, 0.15) is 71.9 Å². The molecule has 1 aromatic carbocycles. The predicted octanol–water partition coefficient (Wildman–Crippen LogP) is 5.13. The summed E-state index contributed by atoms with van der Waals surface area (Å²) in [4.78, 5) is 32.7. The molecule has 1 heterocycles. The van der Waals surface area contributed by atoms with Crippen molar-refractivity contribution in [3.8, 4) is 0 Å². The second kappa shape index (κ2) is 10.0. The molecule has 0 radical (unpaired) electrons. The first-order chi connectivity index (χ1) is 14.0. The lowest BCUT2D eigenvalue weighted by Crippen LogP contribution is -2.39. The Morgan fingerprint density at radius 2 is 1.86 bits per heavy atom. The fourth-order valence-corrected chi connectivity index (χ4v) is 4.16. The number of benzene rings is 1. The Balaban J connectivity index is 1.58. The molecule has 1 fully saturated rings. The second-order valence-electron chi connectivity index (χ2n) is 7.88. The average molecular weight is 414 g/mol. The summed E-state index contributed by atoms with van der Waals surface area (Å²) in [5, 5.41) is 3.44. The maximum absolute atomic E-state index is 13.0. The topological polar surface area (TPSA) is 62.3 Å². The van der Waals surface area contributed by atoms with E-state index >= 15 is 0 Å². The molecule has 0 atom stereocenters. The summed E-state index contributed by atoms with van der Waals surface area (Å²) in [6.07, 6.45) is 7.92. The summed E-state index contributed by atoms with van der Waals surface area (Å²) in [6.45, 7) is 6.19. The van der Waals surface area contributed by atoms with Crippen molar-refractivity contribution < 1.29 is 9.59 Å². The zero-order valence-electron chi connectivity index (χ0n) is 17.7. The molecule has 1 aliphatic rings. The number of rotatable bonds is 10. The van der Waals surface area contributed by atoms with Crippen molar-refractivity contribution in [1.82, 2.24) is 9.88 Å². The van der Waals surface area contributed by atoms with Crippen molar-refractivity contribution in [3.63, 3.8) is 0 Å². The van der Waals surface area contributed by atoms with Gasteiger partial charge in [-0.15, -0.1) is 11.3 Å². The first-order valence-corrected chi connectivity index (χ1v) is 11.4. The van der Waals surface area contributed by atoms with E-state index in [-0.39, 0.29) is 24.4 Å². The maximum Gasteiger partial charge on any atom is 0.254 e. The second-order valence-corrected chi connectivity index (χ2v) is 9.08. The highest BCUT2D eigenvalue weighted by atomic mass is 32.1. The monoisotopic (exact) mass is 413 g/mol. The molecule has 0 unspecified atom stereocenters. The summed E-state index contributed by atoms with van der Waals surface area (Å²) in [6, 6.07) is 8.06. The first kappa shape index (κ1) is 21.5. The number of carbonyl (C=O) groups excluding carboxylic acids is 2. The van der Waals surface area contributed by atoms with Gasteiger partial charge in [-0.1, -0.05) is 38.3 Å². The molecule has 6 heteroatoms. The third-order valence-corrected chi connectivity index (χ3v) is 6.35. The van der Waals surface area contributed by atoms with Gasteiger partial charge >= 0.3 is 0 Å². The maximum atomic E-state index is 13.0.